The van der Waals surface area contributed by atoms with Gasteiger partial charge in [0, 0.05) is 29.8 Å². The summed E-state index contributed by atoms with van der Waals surface area (Å²) in [5, 5.41) is 2.85. The highest BCUT2D eigenvalue weighted by Crippen LogP contribution is 2.24. The summed E-state index contributed by atoms with van der Waals surface area (Å²) in [6.45, 7) is 3.96. The van der Waals surface area contributed by atoms with Crippen molar-refractivity contribution in [3.05, 3.63) is 59.2 Å². The minimum Gasteiger partial charge on any atom is -0.497 e. The van der Waals surface area contributed by atoms with Crippen molar-refractivity contribution in [2.45, 2.75) is 32.7 Å². The summed E-state index contributed by atoms with van der Waals surface area (Å²) in [7, 11) is 1.58. The van der Waals surface area contributed by atoms with Crippen LogP contribution in [0.4, 0.5) is 5.69 Å². The van der Waals surface area contributed by atoms with Crippen molar-refractivity contribution in [1.82, 2.24) is 4.90 Å². The van der Waals surface area contributed by atoms with E-state index in [2.05, 4.69) is 5.32 Å². The van der Waals surface area contributed by atoms with Crippen LogP contribution in [0.1, 0.15) is 34.3 Å². The van der Waals surface area contributed by atoms with Gasteiger partial charge in [0.15, 0.2) is 5.78 Å². The van der Waals surface area contributed by atoms with E-state index in [1.807, 2.05) is 26.0 Å². The predicted molar refractivity (Wildman–Crippen MR) is 119 cm³/mol. The number of nitrogens with zero attached hydrogens (tertiary/aromatic N) is 1. The van der Waals surface area contributed by atoms with E-state index in [0.717, 1.165) is 11.1 Å². The van der Waals surface area contributed by atoms with E-state index in [1.165, 1.54) is 11.8 Å². The first-order valence-electron chi connectivity index (χ1n) is 9.81. The van der Waals surface area contributed by atoms with Gasteiger partial charge in [0.2, 0.25) is 11.8 Å². The lowest BCUT2D eigenvalue weighted by molar-refractivity contribution is -0.136. The molecule has 158 valence electrons. The Bertz CT molecular complexity index is 943. The third kappa shape index (κ3) is 5.21. The van der Waals surface area contributed by atoms with Gasteiger partial charge in [-0.15, -0.1) is 11.8 Å². The number of benzene rings is 2. The largest absolute Gasteiger partial charge is 0.497 e. The molecule has 1 heterocycles. The first-order chi connectivity index (χ1) is 14.4. The van der Waals surface area contributed by atoms with E-state index >= 15 is 0 Å². The molecule has 0 bridgehead atoms. The number of hydrogen-bond donors (Lipinski definition) is 1. The van der Waals surface area contributed by atoms with Crippen LogP contribution >= 0.6 is 11.8 Å². The topological polar surface area (TPSA) is 75.7 Å². The second-order valence-corrected chi connectivity index (χ2v) is 8.32. The Hall–Kier alpha value is -2.80. The monoisotopic (exact) mass is 426 g/mol. The number of Topliss-reactive ketones (excluding diaryl/α,β-unsaturated/α-hetero) is 1. The summed E-state index contributed by atoms with van der Waals surface area (Å²) in [5.41, 5.74) is 3.45. The minimum atomic E-state index is -0.540. The molecule has 1 unspecified atom stereocenters. The van der Waals surface area contributed by atoms with Crippen LogP contribution in [0.5, 0.6) is 5.75 Å². The number of ketones is 1. The van der Waals surface area contributed by atoms with Gasteiger partial charge in [-0.2, -0.15) is 0 Å². The summed E-state index contributed by atoms with van der Waals surface area (Å²) in [5.74, 6) is 1.24. The van der Waals surface area contributed by atoms with Crippen LogP contribution in [0, 0.1) is 13.8 Å². The minimum absolute atomic E-state index is 0.0578. The lowest BCUT2D eigenvalue weighted by Gasteiger charge is -2.23. The van der Waals surface area contributed by atoms with E-state index < -0.39 is 6.04 Å². The number of anilines is 1. The van der Waals surface area contributed by atoms with Crippen LogP contribution in [-0.4, -0.2) is 47.3 Å². The second-order valence-electron chi connectivity index (χ2n) is 7.32. The lowest BCUT2D eigenvalue weighted by Crippen LogP contribution is -2.44. The molecule has 2 aromatic rings. The molecule has 2 aromatic carbocycles. The first-order valence-corrected chi connectivity index (χ1v) is 11.0. The number of hydrogen-bond acceptors (Lipinski definition) is 5. The molecule has 2 amide bonds. The summed E-state index contributed by atoms with van der Waals surface area (Å²) in [4.78, 5) is 39.5. The third-order valence-corrected chi connectivity index (χ3v) is 6.27. The quantitative estimate of drug-likeness (QED) is 0.682. The van der Waals surface area contributed by atoms with Gasteiger partial charge in [-0.25, -0.2) is 0 Å². The molecule has 1 fully saturated rings. The number of methoxy groups -OCH3 is 1. The van der Waals surface area contributed by atoms with E-state index in [9.17, 15) is 14.4 Å². The van der Waals surface area contributed by atoms with E-state index in [4.69, 9.17) is 4.74 Å². The van der Waals surface area contributed by atoms with Crippen molar-refractivity contribution >= 4 is 35.0 Å². The molecule has 0 spiro atoms. The van der Waals surface area contributed by atoms with Gasteiger partial charge in [-0.3, -0.25) is 14.4 Å². The number of thioether (sulfide) groups is 1. The highest BCUT2D eigenvalue weighted by atomic mass is 32.2. The van der Waals surface area contributed by atoms with Crippen LogP contribution in [-0.2, 0) is 9.59 Å². The van der Waals surface area contributed by atoms with Gasteiger partial charge < -0.3 is 15.0 Å². The smallest absolute Gasteiger partial charge is 0.248 e. The van der Waals surface area contributed by atoms with Gasteiger partial charge >= 0.3 is 0 Å². The zero-order valence-electron chi connectivity index (χ0n) is 17.4. The van der Waals surface area contributed by atoms with Gasteiger partial charge in [-0.1, -0.05) is 12.1 Å². The van der Waals surface area contributed by atoms with Gasteiger partial charge in [-0.05, 0) is 55.3 Å². The average molecular weight is 427 g/mol. The van der Waals surface area contributed by atoms with Crippen molar-refractivity contribution in [3.8, 4) is 5.75 Å². The number of carbonyl (C=O) groups is 3. The van der Waals surface area contributed by atoms with Crippen molar-refractivity contribution in [2.24, 2.45) is 0 Å². The fourth-order valence-electron chi connectivity index (χ4n) is 3.23. The molecule has 1 N–H and O–H groups in total. The van der Waals surface area contributed by atoms with Crippen LogP contribution < -0.4 is 10.1 Å². The molecule has 1 aliphatic heterocycles. The van der Waals surface area contributed by atoms with Crippen LogP contribution in [0.2, 0.25) is 0 Å². The third-order valence-electron chi connectivity index (χ3n) is 5.26. The lowest BCUT2D eigenvalue weighted by atomic mass is 10.0. The summed E-state index contributed by atoms with van der Waals surface area (Å²) < 4.78 is 5.12. The fourth-order valence-corrected chi connectivity index (χ4v) is 4.41. The number of rotatable bonds is 7. The normalized spacial score (nSPS) is 15.7. The zero-order chi connectivity index (χ0) is 21.7. The molecular weight excluding hydrogens is 400 g/mol. The van der Waals surface area contributed by atoms with Gasteiger partial charge in [0.1, 0.15) is 11.8 Å². The molecule has 6 nitrogen and oxygen atoms in total. The van der Waals surface area contributed by atoms with Crippen molar-refractivity contribution in [3.63, 3.8) is 0 Å². The van der Waals surface area contributed by atoms with E-state index in [-0.39, 0.29) is 30.4 Å². The maximum Gasteiger partial charge on any atom is 0.248 e. The SMILES string of the molecule is COc1ccc(NC(=O)C2CSCN2C(=O)CCC(=O)c2ccc(C)c(C)c2)cc1. The molecular formula is C23H26N2O4S. The van der Waals surface area contributed by atoms with Crippen LogP contribution in [0.25, 0.3) is 0 Å². The number of nitrogens with one attached hydrogen (secondary N) is 1. The predicted octanol–water partition coefficient (Wildman–Crippen LogP) is 3.82. The Morgan fingerprint density at radius 1 is 1.07 bits per heavy atom. The first kappa shape index (κ1) is 21.9. The van der Waals surface area contributed by atoms with E-state index in [1.54, 1.807) is 42.3 Å². The molecule has 1 saturated heterocycles. The van der Waals surface area contributed by atoms with Crippen molar-refractivity contribution in [1.29, 1.82) is 0 Å². The molecule has 0 radical (unpaired) electrons. The van der Waals surface area contributed by atoms with E-state index in [0.29, 0.717) is 28.6 Å². The highest BCUT2D eigenvalue weighted by Gasteiger charge is 2.34. The Labute approximate surface area is 181 Å². The number of aryl methyl sites for hydroxylation is 2. The molecule has 0 aliphatic carbocycles. The Balaban J connectivity index is 1.57. The molecule has 1 atom stereocenters. The van der Waals surface area contributed by atoms with Crippen LogP contribution in [0.15, 0.2) is 42.5 Å². The molecule has 0 saturated carbocycles. The highest BCUT2D eigenvalue weighted by molar-refractivity contribution is 7.99. The van der Waals surface area contributed by atoms with Crippen molar-refractivity contribution in [2.75, 3.05) is 24.1 Å². The van der Waals surface area contributed by atoms with Gasteiger partial charge in [0.25, 0.3) is 0 Å². The number of amides is 2. The summed E-state index contributed by atoms with van der Waals surface area (Å²) >= 11 is 1.54. The molecule has 1 aliphatic rings. The molecule has 7 heteroatoms. The summed E-state index contributed by atoms with van der Waals surface area (Å²) in [6, 6.07) is 12.1. The maximum atomic E-state index is 12.7. The molecule has 0 aromatic heterocycles. The Morgan fingerprint density at radius 2 is 1.80 bits per heavy atom. The fraction of sp³-hybridized carbons (Fsp3) is 0.348. The number of carbonyl (C=O) groups excluding carboxylic acids is 3. The zero-order valence-corrected chi connectivity index (χ0v) is 18.3. The van der Waals surface area contributed by atoms with Crippen LogP contribution in [0.3, 0.4) is 0 Å². The van der Waals surface area contributed by atoms with Crippen molar-refractivity contribution < 1.29 is 19.1 Å². The average Bonchev–Trinajstić information content (AvgIpc) is 3.24. The Kier molecular flexibility index (Phi) is 7.15. The standard InChI is InChI=1S/C23H26N2O4S/c1-15-4-5-17(12-16(15)2)21(26)10-11-22(27)25-14-30-13-20(25)23(28)24-18-6-8-19(29-3)9-7-18/h4-9,12,20H,10-11,13-14H2,1-3H3,(H,24,28). The molecule has 30 heavy (non-hydrogen) atoms. The number of ether oxygens (including phenoxy) is 1. The molecule has 3 rings (SSSR count). The maximum absolute atomic E-state index is 12.7. The Morgan fingerprint density at radius 3 is 2.47 bits per heavy atom. The second kappa shape index (κ2) is 9.80. The summed E-state index contributed by atoms with van der Waals surface area (Å²) in [6.07, 6.45) is 0.230. The van der Waals surface area contributed by atoms with Gasteiger partial charge in [0.05, 0.1) is 13.0 Å².